The molecule has 0 aliphatic carbocycles. The topological polar surface area (TPSA) is 115 Å². The second-order valence-corrected chi connectivity index (χ2v) is 6.76. The number of ketones is 1. The number of nitrogens with zero attached hydrogens (tertiary/aromatic N) is 2. The highest BCUT2D eigenvalue weighted by molar-refractivity contribution is 5.95. The maximum absolute atomic E-state index is 12.7. The van der Waals surface area contributed by atoms with E-state index in [-0.39, 0.29) is 52.4 Å². The molecule has 1 saturated heterocycles. The molecule has 1 aliphatic heterocycles. The molecule has 1 fully saturated rings. The number of carbonyl (C=O) groups excluding carboxylic acids is 2. The molecule has 0 aromatic heterocycles. The van der Waals surface area contributed by atoms with Gasteiger partial charge in [0.05, 0.1) is 18.0 Å². The van der Waals surface area contributed by atoms with E-state index in [1.165, 1.54) is 4.90 Å². The molecule has 8 nitrogen and oxygen atoms in total. The molecule has 1 rings (SSSR count). The number of aliphatic carboxylic acids is 2. The maximum atomic E-state index is 12.7. The van der Waals surface area contributed by atoms with Gasteiger partial charge in [-0.2, -0.15) is 0 Å². The summed E-state index contributed by atoms with van der Waals surface area (Å²) in [4.78, 5) is 50.2. The van der Waals surface area contributed by atoms with E-state index >= 15 is 0 Å². The van der Waals surface area contributed by atoms with Gasteiger partial charge in [0.25, 0.3) is 0 Å². The fraction of sp³-hybridized carbons (Fsp3) is 0.778. The fourth-order valence-electron chi connectivity index (χ4n) is 3.06. The predicted octanol–water partition coefficient (Wildman–Crippen LogP) is 1.73. The first-order valence-corrected chi connectivity index (χ1v) is 8.01. The molecule has 152 valence electrons. The van der Waals surface area contributed by atoms with Crippen LogP contribution in [0, 0.1) is 5.92 Å². The number of carbonyl (C=O) groups is 4. The molecular weight excluding hydrogens is 340 g/mol. The average Bonchev–Trinajstić information content (AvgIpc) is 2.85. The van der Waals surface area contributed by atoms with Crippen molar-refractivity contribution in [3.63, 3.8) is 0 Å². The van der Waals surface area contributed by atoms with E-state index in [2.05, 4.69) is 0 Å². The number of likely N-dealkylation sites (tertiary alicyclic amines) is 1. The van der Waals surface area contributed by atoms with E-state index in [0.717, 1.165) is 0 Å². The molecule has 1 amide bonds. The van der Waals surface area contributed by atoms with Gasteiger partial charge in [-0.1, -0.05) is 14.9 Å². The van der Waals surface area contributed by atoms with E-state index in [9.17, 15) is 24.3 Å². The van der Waals surface area contributed by atoms with Crippen LogP contribution in [0.1, 0.15) is 53.9 Å². The van der Waals surface area contributed by atoms with Crippen LogP contribution in [0.2, 0.25) is 0 Å². The lowest BCUT2D eigenvalue weighted by Gasteiger charge is -2.35. The zero-order valence-corrected chi connectivity index (χ0v) is 14.4. The number of hydrogen-bond donors (Lipinski definition) is 2. The van der Waals surface area contributed by atoms with E-state index in [4.69, 9.17) is 5.11 Å². The summed E-state index contributed by atoms with van der Waals surface area (Å²) in [6.45, 7) is 2.33. The first-order chi connectivity index (χ1) is 11.1. The van der Waals surface area contributed by atoms with Gasteiger partial charge in [0, 0.05) is 19.4 Å². The first kappa shape index (κ1) is 26.3. The van der Waals surface area contributed by atoms with E-state index in [1.54, 1.807) is 25.9 Å². The summed E-state index contributed by atoms with van der Waals surface area (Å²) in [6, 6.07) is 0. The Labute approximate surface area is 156 Å². The molecule has 0 saturated carbocycles. The monoisotopic (exact) mass is 374 g/mol. The maximum Gasteiger partial charge on any atom is 0.306 e. The smallest absolute Gasteiger partial charge is 0.306 e. The zero-order valence-electron chi connectivity index (χ0n) is 14.4. The summed E-state index contributed by atoms with van der Waals surface area (Å²) >= 11 is 0. The lowest BCUT2D eigenvalue weighted by Crippen LogP contribution is -2.53. The van der Waals surface area contributed by atoms with Crippen molar-refractivity contribution in [1.29, 1.82) is 0 Å². The highest BCUT2D eigenvalue weighted by Gasteiger charge is 2.46. The number of rotatable bonds is 9. The molecule has 0 spiro atoms. The molecule has 2 unspecified atom stereocenters. The third-order valence-electron chi connectivity index (χ3n) is 4.48. The van der Waals surface area contributed by atoms with Crippen molar-refractivity contribution in [3.05, 3.63) is 0 Å². The minimum Gasteiger partial charge on any atom is -0.481 e. The molecule has 0 aromatic rings. The molecule has 0 bridgehead atoms. The largest absolute Gasteiger partial charge is 0.481 e. The van der Waals surface area contributed by atoms with E-state index in [0.29, 0.717) is 19.4 Å². The molecule has 1 aliphatic rings. The Kier molecular flexibility index (Phi) is 11.0. The van der Waals surface area contributed by atoms with Gasteiger partial charge in [-0.05, 0) is 40.3 Å². The van der Waals surface area contributed by atoms with Crippen LogP contribution in [0.5, 0.6) is 0 Å². The SMILES string of the molecule is C.C.CN(C)CC(=O)N1CCCC1(C)C(=O)CC(CCC(=O)O)C(=O)O. The number of amides is 1. The van der Waals surface area contributed by atoms with Gasteiger partial charge in [-0.25, -0.2) is 0 Å². The first-order valence-electron chi connectivity index (χ1n) is 8.01. The van der Waals surface area contributed by atoms with Gasteiger partial charge in [0.2, 0.25) is 5.91 Å². The third kappa shape index (κ3) is 6.74. The highest BCUT2D eigenvalue weighted by atomic mass is 16.4. The van der Waals surface area contributed by atoms with Crippen LogP contribution in [0.15, 0.2) is 0 Å². The van der Waals surface area contributed by atoms with Crippen molar-refractivity contribution in [3.8, 4) is 0 Å². The normalized spacial score (nSPS) is 20.1. The van der Waals surface area contributed by atoms with Gasteiger partial charge in [-0.15, -0.1) is 0 Å². The minimum absolute atomic E-state index is 0. The summed E-state index contributed by atoms with van der Waals surface area (Å²) in [5, 5.41) is 17.9. The summed E-state index contributed by atoms with van der Waals surface area (Å²) < 4.78 is 0. The Morgan fingerprint density at radius 1 is 1.15 bits per heavy atom. The Balaban J connectivity index is 0. The number of hydrogen-bond acceptors (Lipinski definition) is 5. The summed E-state index contributed by atoms with van der Waals surface area (Å²) in [6.07, 6.45) is 0.526. The number of Topliss-reactive ketones (excluding diaryl/α,β-unsaturated/α-hetero) is 1. The van der Waals surface area contributed by atoms with Crippen molar-refractivity contribution in [2.75, 3.05) is 27.2 Å². The molecular formula is C18H34N2O6. The average molecular weight is 374 g/mol. The lowest BCUT2D eigenvalue weighted by molar-refractivity contribution is -0.148. The van der Waals surface area contributed by atoms with Crippen molar-refractivity contribution < 1.29 is 29.4 Å². The number of likely N-dealkylation sites (N-methyl/N-ethyl adjacent to an activating group) is 1. The molecule has 0 radical (unpaired) electrons. The van der Waals surface area contributed by atoms with Gasteiger partial charge >= 0.3 is 11.9 Å². The predicted molar refractivity (Wildman–Crippen MR) is 99.0 cm³/mol. The fourth-order valence-corrected chi connectivity index (χ4v) is 3.06. The van der Waals surface area contributed by atoms with Crippen molar-refractivity contribution in [1.82, 2.24) is 9.80 Å². The van der Waals surface area contributed by atoms with Crippen LogP contribution in [-0.4, -0.2) is 76.4 Å². The van der Waals surface area contributed by atoms with Gasteiger partial charge in [0.15, 0.2) is 5.78 Å². The lowest BCUT2D eigenvalue weighted by atomic mass is 9.85. The zero-order chi connectivity index (χ0) is 18.5. The van der Waals surface area contributed by atoms with Crippen LogP contribution in [-0.2, 0) is 19.2 Å². The van der Waals surface area contributed by atoms with Crippen molar-refractivity contribution in [2.45, 2.75) is 59.4 Å². The van der Waals surface area contributed by atoms with Crippen LogP contribution < -0.4 is 0 Å². The Morgan fingerprint density at radius 3 is 2.19 bits per heavy atom. The second kappa shape index (κ2) is 10.9. The van der Waals surface area contributed by atoms with E-state index < -0.39 is 23.4 Å². The minimum atomic E-state index is -1.18. The Hall–Kier alpha value is -1.96. The molecule has 26 heavy (non-hydrogen) atoms. The quantitative estimate of drug-likeness (QED) is 0.631. The molecule has 2 atom stereocenters. The number of carboxylic acids is 2. The van der Waals surface area contributed by atoms with Crippen LogP contribution in [0.4, 0.5) is 0 Å². The number of carboxylic acid groups (broad SMARTS) is 2. The molecule has 8 heteroatoms. The van der Waals surface area contributed by atoms with Crippen LogP contribution in [0.3, 0.4) is 0 Å². The highest BCUT2D eigenvalue weighted by Crippen LogP contribution is 2.32. The van der Waals surface area contributed by atoms with Gasteiger partial charge in [0.1, 0.15) is 0 Å². The third-order valence-corrected chi connectivity index (χ3v) is 4.48. The van der Waals surface area contributed by atoms with Gasteiger partial charge < -0.3 is 20.0 Å². The summed E-state index contributed by atoms with van der Waals surface area (Å²) in [5.41, 5.74) is -1.01. The molecule has 0 aromatic carbocycles. The van der Waals surface area contributed by atoms with Crippen molar-refractivity contribution >= 4 is 23.6 Å². The Morgan fingerprint density at radius 2 is 1.73 bits per heavy atom. The van der Waals surface area contributed by atoms with Crippen molar-refractivity contribution in [2.24, 2.45) is 5.92 Å². The van der Waals surface area contributed by atoms with Crippen LogP contribution >= 0.6 is 0 Å². The van der Waals surface area contributed by atoms with Gasteiger partial charge in [-0.3, -0.25) is 19.2 Å². The van der Waals surface area contributed by atoms with Crippen LogP contribution in [0.25, 0.3) is 0 Å². The standard InChI is InChI=1S/C16H26N2O6.2CH4/c1-16(7-4-8-18(16)13(20)10-17(2)3)12(19)9-11(15(23)24)5-6-14(21)22;;/h11H,4-10H2,1-3H3,(H,21,22)(H,23,24);2*1H4. The molecule has 1 heterocycles. The Bertz CT molecular complexity index is 520. The van der Waals surface area contributed by atoms with E-state index in [1.807, 2.05) is 0 Å². The second-order valence-electron chi connectivity index (χ2n) is 6.76. The molecule has 2 N–H and O–H groups in total. The summed E-state index contributed by atoms with van der Waals surface area (Å²) in [5.74, 6) is -3.80. The summed E-state index contributed by atoms with van der Waals surface area (Å²) in [7, 11) is 3.53.